The van der Waals surface area contributed by atoms with Crippen LogP contribution >= 0.6 is 23.5 Å². The first kappa shape index (κ1) is 37.0. The first-order valence-corrected chi connectivity index (χ1v) is 18.9. The zero-order valence-electron chi connectivity index (χ0n) is 30.0. The van der Waals surface area contributed by atoms with Gasteiger partial charge in [-0.2, -0.15) is 0 Å². The summed E-state index contributed by atoms with van der Waals surface area (Å²) in [6.45, 7) is 7.01. The van der Waals surface area contributed by atoms with Gasteiger partial charge in [-0.1, -0.05) is 38.8 Å². The maximum atomic E-state index is 14.3. The molecule has 1 N–H and O–H groups in total. The summed E-state index contributed by atoms with van der Waals surface area (Å²) in [5.74, 6) is 0.448. The van der Waals surface area contributed by atoms with Crippen molar-refractivity contribution in [3.05, 3.63) is 93.5 Å². The van der Waals surface area contributed by atoms with Crippen molar-refractivity contribution in [1.29, 1.82) is 0 Å². The van der Waals surface area contributed by atoms with Crippen molar-refractivity contribution in [3.8, 4) is 0 Å². The Hall–Kier alpha value is -3.24. The van der Waals surface area contributed by atoms with Crippen molar-refractivity contribution in [3.63, 3.8) is 0 Å². The van der Waals surface area contributed by atoms with Gasteiger partial charge >= 0.3 is 0 Å². The zero-order valence-corrected chi connectivity index (χ0v) is 31.6. The highest BCUT2D eigenvalue weighted by Gasteiger charge is 2.58. The van der Waals surface area contributed by atoms with Gasteiger partial charge < -0.3 is 24.6 Å². The molecule has 0 saturated carbocycles. The molecule has 264 valence electrons. The normalized spacial score (nSPS) is 15.2. The third-order valence-electron chi connectivity index (χ3n) is 9.82. The number of carbonyl (C=O) groups excluding carboxylic acids is 2. The van der Waals surface area contributed by atoms with Gasteiger partial charge in [0.15, 0.2) is 0 Å². The van der Waals surface area contributed by atoms with E-state index in [-0.39, 0.29) is 17.2 Å². The molecule has 0 saturated heterocycles. The lowest BCUT2D eigenvalue weighted by atomic mass is 9.60. The number of ether oxygens (including phenoxy) is 2. The third-order valence-corrected chi connectivity index (χ3v) is 10.9. The van der Waals surface area contributed by atoms with Gasteiger partial charge in [0, 0.05) is 87.0 Å². The number of rotatable bonds is 16. The molecule has 0 aromatic heterocycles. The summed E-state index contributed by atoms with van der Waals surface area (Å²) in [7, 11) is 8.19. The number of halogens is 1. The molecule has 49 heavy (non-hydrogen) atoms. The summed E-state index contributed by atoms with van der Waals surface area (Å²) in [6, 6.07) is 18.6. The lowest BCUT2D eigenvalue weighted by Gasteiger charge is -2.49. The second-order valence-corrected chi connectivity index (χ2v) is 14.8. The molecular formula is C39H51ClN4O4S. The molecule has 3 aromatic rings. The third kappa shape index (κ3) is 7.05. The molecule has 8 nitrogen and oxygen atoms in total. The number of nitrogens with one attached hydrogen (secondary N) is 1. The topological polar surface area (TPSA) is 74.3 Å². The van der Waals surface area contributed by atoms with Crippen molar-refractivity contribution in [2.75, 3.05) is 83.1 Å². The van der Waals surface area contributed by atoms with E-state index >= 15 is 0 Å². The predicted octanol–water partition coefficient (Wildman–Crippen LogP) is 7.05. The van der Waals surface area contributed by atoms with Crippen LogP contribution in [0.3, 0.4) is 0 Å². The van der Waals surface area contributed by atoms with Gasteiger partial charge in [0.1, 0.15) is 5.54 Å². The fourth-order valence-electron chi connectivity index (χ4n) is 7.16. The van der Waals surface area contributed by atoms with E-state index in [1.54, 1.807) is 6.07 Å². The highest BCUT2D eigenvalue weighted by atomic mass is 35.5. The van der Waals surface area contributed by atoms with Crippen molar-refractivity contribution < 1.29 is 19.1 Å². The van der Waals surface area contributed by atoms with Crippen molar-refractivity contribution in [2.45, 2.75) is 50.5 Å². The minimum absolute atomic E-state index is 0.0645. The molecule has 0 atom stereocenters. The molecule has 1 aliphatic carbocycles. The Morgan fingerprint density at radius 2 is 1.37 bits per heavy atom. The quantitative estimate of drug-likeness (QED) is 0.0973. The number of unbranched alkanes of at least 4 members (excludes halogenated alkanes) is 3. The average Bonchev–Trinajstić information content (AvgIpc) is 3.34. The van der Waals surface area contributed by atoms with Crippen LogP contribution in [0.2, 0.25) is 0 Å². The molecule has 0 unspecified atom stereocenters. The van der Waals surface area contributed by atoms with Crippen molar-refractivity contribution in [1.82, 2.24) is 9.62 Å². The maximum absolute atomic E-state index is 14.3. The molecule has 1 spiro atoms. The van der Waals surface area contributed by atoms with Crippen molar-refractivity contribution >= 4 is 46.7 Å². The number of hydrogen-bond acceptors (Lipinski definition) is 7. The molecule has 3 aromatic carbocycles. The highest BCUT2D eigenvalue weighted by Crippen LogP contribution is 2.60. The van der Waals surface area contributed by atoms with E-state index in [0.29, 0.717) is 43.4 Å². The number of carbonyl (C=O) groups is 2. The van der Waals surface area contributed by atoms with E-state index in [1.807, 2.05) is 50.9 Å². The summed E-state index contributed by atoms with van der Waals surface area (Å²) >= 11 is 7.15. The van der Waals surface area contributed by atoms with Gasteiger partial charge in [-0.3, -0.25) is 13.9 Å². The van der Waals surface area contributed by atoms with Gasteiger partial charge in [0.25, 0.3) is 11.8 Å². The molecule has 5 rings (SSSR count). The molecular weight excluding hydrogens is 656 g/mol. The number of hydrogen-bond donors (Lipinski definition) is 1. The maximum Gasteiger partial charge on any atom is 0.265 e. The Balaban J connectivity index is 1.44. The van der Waals surface area contributed by atoms with Crippen LogP contribution in [0.15, 0.2) is 54.6 Å². The highest BCUT2D eigenvalue weighted by molar-refractivity contribution is 7.96. The van der Waals surface area contributed by atoms with Gasteiger partial charge in [-0.15, -0.1) is 11.6 Å². The molecule has 0 radical (unpaired) electrons. The van der Waals surface area contributed by atoms with E-state index in [1.165, 1.54) is 11.9 Å². The lowest BCUT2D eigenvalue weighted by Crippen LogP contribution is -2.48. The van der Waals surface area contributed by atoms with Crippen LogP contribution in [0.25, 0.3) is 0 Å². The predicted molar refractivity (Wildman–Crippen MR) is 203 cm³/mol. The fourth-order valence-corrected chi connectivity index (χ4v) is 8.18. The van der Waals surface area contributed by atoms with E-state index in [4.69, 9.17) is 21.1 Å². The molecule has 0 bridgehead atoms. The monoisotopic (exact) mass is 706 g/mol. The first-order chi connectivity index (χ1) is 23.5. The van der Waals surface area contributed by atoms with Crippen LogP contribution in [-0.2, 0) is 20.4 Å². The second kappa shape index (κ2) is 15.8. The molecule has 1 heterocycles. The van der Waals surface area contributed by atoms with Gasteiger partial charge in [-0.05, 0) is 89.5 Å². The smallest absolute Gasteiger partial charge is 0.265 e. The second-order valence-electron chi connectivity index (χ2n) is 13.7. The lowest BCUT2D eigenvalue weighted by molar-refractivity contribution is 0.0468. The molecule has 1 aliphatic heterocycles. The average molecular weight is 707 g/mol. The molecule has 10 heteroatoms. The number of fused-ring (bicyclic) bond motifs is 6. The molecule has 2 aliphatic rings. The molecule has 0 fully saturated rings. The number of benzene rings is 3. The van der Waals surface area contributed by atoms with Gasteiger partial charge in [0.05, 0.1) is 19.8 Å². The van der Waals surface area contributed by atoms with E-state index in [0.717, 1.165) is 71.5 Å². The Kier molecular flexibility index (Phi) is 11.9. The summed E-state index contributed by atoms with van der Waals surface area (Å²) in [4.78, 5) is 32.0. The summed E-state index contributed by atoms with van der Waals surface area (Å²) in [5.41, 5.74) is 7.27. The van der Waals surface area contributed by atoms with Crippen LogP contribution < -0.4 is 15.1 Å². The van der Waals surface area contributed by atoms with E-state index in [2.05, 4.69) is 65.4 Å². The fraction of sp³-hybridized carbons (Fsp3) is 0.487. The summed E-state index contributed by atoms with van der Waals surface area (Å²) < 4.78 is 13.3. The van der Waals surface area contributed by atoms with Crippen LogP contribution in [0.1, 0.15) is 88.1 Å². The summed E-state index contributed by atoms with van der Waals surface area (Å²) in [5, 5.41) is 3.01. The Bertz CT molecular complexity index is 1600. The van der Waals surface area contributed by atoms with Gasteiger partial charge in [-0.25, -0.2) is 0 Å². The van der Waals surface area contributed by atoms with Crippen LogP contribution in [0, 0.1) is 0 Å². The number of alkyl halides is 1. The minimum atomic E-state index is -0.925. The van der Waals surface area contributed by atoms with E-state index in [9.17, 15) is 9.59 Å². The van der Waals surface area contributed by atoms with Crippen molar-refractivity contribution in [2.24, 2.45) is 0 Å². The molecule has 2 amide bonds. The number of anilines is 2. The minimum Gasteiger partial charge on any atom is -0.379 e. The number of amides is 2. The SMILES string of the molecule is CSN1C(=O)c2ccc(C(=O)NCCOCCOCCCCCCCl)cc2C12c1ccc(N(C)C)cc1C(C)(C)c1cc(N(C)C)ccc12. The first-order valence-electron chi connectivity index (χ1n) is 17.2. The Morgan fingerprint density at radius 3 is 1.94 bits per heavy atom. The largest absolute Gasteiger partial charge is 0.379 e. The Morgan fingerprint density at radius 1 is 0.776 bits per heavy atom. The Labute approximate surface area is 301 Å². The zero-order chi connectivity index (χ0) is 35.3. The summed E-state index contributed by atoms with van der Waals surface area (Å²) in [6.07, 6.45) is 6.29. The van der Waals surface area contributed by atoms with Crippen LogP contribution in [-0.4, -0.2) is 89.4 Å². The van der Waals surface area contributed by atoms with E-state index < -0.39 is 5.54 Å². The van der Waals surface area contributed by atoms with Crippen LogP contribution in [0.5, 0.6) is 0 Å². The van der Waals surface area contributed by atoms with Gasteiger partial charge in [0.2, 0.25) is 0 Å². The van der Waals surface area contributed by atoms with Crippen LogP contribution in [0.4, 0.5) is 11.4 Å². The number of nitrogens with zero attached hydrogens (tertiary/aromatic N) is 3. The standard InChI is InChI=1S/C39H51ClN4O4S/c1-38(2)34-25-28(42(3)4)13-16-31(34)39(32-17-14-29(43(5)6)26-35(32)38)33-24-27(12-15-30(33)37(46)44(39)49-7)36(45)41-19-21-48-23-22-47-20-11-9-8-10-18-40/h12-17,24-26H,8-11,18-23H2,1-7H3,(H,41,45).